The SMILES string of the molecule is CC(C)c1ccc(CNc2cc(Cl)ccc2C(N)=S)cc1. The van der Waals surface area contributed by atoms with Gasteiger partial charge in [0.05, 0.1) is 0 Å². The Labute approximate surface area is 136 Å². The Hall–Kier alpha value is -1.58. The second-order valence-corrected chi connectivity index (χ2v) is 6.18. The summed E-state index contributed by atoms with van der Waals surface area (Å²) in [7, 11) is 0. The minimum absolute atomic E-state index is 0.365. The minimum atomic E-state index is 0.365. The molecule has 0 fully saturated rings. The van der Waals surface area contributed by atoms with Crippen LogP contribution in [0, 0.1) is 0 Å². The molecule has 0 bridgehead atoms. The molecule has 0 heterocycles. The predicted octanol–water partition coefficient (Wildman–Crippen LogP) is 4.71. The van der Waals surface area contributed by atoms with E-state index >= 15 is 0 Å². The van der Waals surface area contributed by atoms with Gasteiger partial charge in [-0.3, -0.25) is 0 Å². The van der Waals surface area contributed by atoms with Gasteiger partial charge in [0.15, 0.2) is 0 Å². The highest BCUT2D eigenvalue weighted by atomic mass is 35.5. The lowest BCUT2D eigenvalue weighted by atomic mass is 10.0. The van der Waals surface area contributed by atoms with Crippen molar-refractivity contribution in [3.63, 3.8) is 0 Å². The van der Waals surface area contributed by atoms with Gasteiger partial charge >= 0.3 is 0 Å². The number of hydrogen-bond acceptors (Lipinski definition) is 2. The van der Waals surface area contributed by atoms with Gasteiger partial charge in [-0.25, -0.2) is 0 Å². The van der Waals surface area contributed by atoms with Crippen molar-refractivity contribution in [3.05, 3.63) is 64.2 Å². The summed E-state index contributed by atoms with van der Waals surface area (Å²) in [6.07, 6.45) is 0. The average Bonchev–Trinajstić information content (AvgIpc) is 2.45. The summed E-state index contributed by atoms with van der Waals surface area (Å²) in [4.78, 5) is 0.365. The molecule has 0 spiro atoms. The summed E-state index contributed by atoms with van der Waals surface area (Å²) in [5, 5.41) is 4.01. The zero-order chi connectivity index (χ0) is 15.4. The van der Waals surface area contributed by atoms with Crippen LogP contribution in [0.2, 0.25) is 5.02 Å². The Morgan fingerprint density at radius 3 is 2.43 bits per heavy atom. The maximum absolute atomic E-state index is 6.03. The van der Waals surface area contributed by atoms with Gasteiger partial charge in [0, 0.05) is 22.8 Å². The molecule has 0 unspecified atom stereocenters. The molecule has 2 rings (SSSR count). The largest absolute Gasteiger partial charge is 0.389 e. The standard InChI is InChI=1S/C17H19ClN2S/c1-11(2)13-5-3-12(4-6-13)10-20-16-9-14(18)7-8-15(16)17(19)21/h3-9,11,20H,10H2,1-2H3,(H2,19,21). The Morgan fingerprint density at radius 2 is 1.86 bits per heavy atom. The van der Waals surface area contributed by atoms with Crippen LogP contribution in [-0.4, -0.2) is 4.99 Å². The predicted molar refractivity (Wildman–Crippen MR) is 95.2 cm³/mol. The number of nitrogens with one attached hydrogen (secondary N) is 1. The maximum atomic E-state index is 6.03. The molecule has 0 atom stereocenters. The van der Waals surface area contributed by atoms with E-state index in [-0.39, 0.29) is 0 Å². The van der Waals surface area contributed by atoms with E-state index in [9.17, 15) is 0 Å². The van der Waals surface area contributed by atoms with E-state index in [0.717, 1.165) is 11.3 Å². The first kappa shape index (κ1) is 15.8. The summed E-state index contributed by atoms with van der Waals surface area (Å²) in [5.74, 6) is 0.543. The average molecular weight is 319 g/mol. The third kappa shape index (κ3) is 4.19. The Balaban J connectivity index is 2.12. The summed E-state index contributed by atoms with van der Waals surface area (Å²) >= 11 is 11.1. The van der Waals surface area contributed by atoms with Crippen LogP contribution >= 0.6 is 23.8 Å². The first-order valence-corrected chi connectivity index (χ1v) is 7.68. The van der Waals surface area contributed by atoms with Gasteiger partial charge in [-0.15, -0.1) is 0 Å². The number of rotatable bonds is 5. The van der Waals surface area contributed by atoms with Gasteiger partial charge in [0.1, 0.15) is 4.99 Å². The molecule has 2 aromatic rings. The molecule has 110 valence electrons. The van der Waals surface area contributed by atoms with Crippen LogP contribution in [0.25, 0.3) is 0 Å². The lowest BCUT2D eigenvalue weighted by Gasteiger charge is -2.12. The molecule has 2 nitrogen and oxygen atoms in total. The molecule has 4 heteroatoms. The van der Waals surface area contributed by atoms with E-state index in [4.69, 9.17) is 29.6 Å². The topological polar surface area (TPSA) is 38.0 Å². The monoisotopic (exact) mass is 318 g/mol. The number of anilines is 1. The molecular formula is C17H19ClN2S. The molecule has 0 aliphatic carbocycles. The van der Waals surface area contributed by atoms with Crippen molar-refractivity contribution in [2.24, 2.45) is 5.73 Å². The Bertz CT molecular complexity index is 636. The van der Waals surface area contributed by atoms with Crippen molar-refractivity contribution >= 4 is 34.5 Å². The quantitative estimate of drug-likeness (QED) is 0.784. The molecular weight excluding hydrogens is 300 g/mol. The van der Waals surface area contributed by atoms with E-state index in [1.54, 1.807) is 6.07 Å². The smallest absolute Gasteiger partial charge is 0.106 e. The molecule has 0 aliphatic rings. The fraction of sp³-hybridized carbons (Fsp3) is 0.235. The molecule has 0 amide bonds. The van der Waals surface area contributed by atoms with Crippen molar-refractivity contribution in [3.8, 4) is 0 Å². The first-order chi connectivity index (χ1) is 9.97. The van der Waals surface area contributed by atoms with Crippen LogP contribution in [0.1, 0.15) is 36.5 Å². The first-order valence-electron chi connectivity index (χ1n) is 6.89. The van der Waals surface area contributed by atoms with E-state index in [1.807, 2.05) is 12.1 Å². The van der Waals surface area contributed by atoms with Crippen LogP contribution in [0.15, 0.2) is 42.5 Å². The van der Waals surface area contributed by atoms with Gasteiger partial charge in [-0.2, -0.15) is 0 Å². The molecule has 3 N–H and O–H groups in total. The number of halogens is 1. The van der Waals surface area contributed by atoms with Crippen molar-refractivity contribution in [2.45, 2.75) is 26.3 Å². The lowest BCUT2D eigenvalue weighted by molar-refractivity contribution is 0.865. The van der Waals surface area contributed by atoms with Gasteiger partial charge in [0.25, 0.3) is 0 Å². The van der Waals surface area contributed by atoms with Crippen LogP contribution in [0.4, 0.5) is 5.69 Å². The highest BCUT2D eigenvalue weighted by Crippen LogP contribution is 2.22. The van der Waals surface area contributed by atoms with Gasteiger partial charge in [0.2, 0.25) is 0 Å². The summed E-state index contributed by atoms with van der Waals surface area (Å²) < 4.78 is 0. The minimum Gasteiger partial charge on any atom is -0.389 e. The molecule has 0 radical (unpaired) electrons. The summed E-state index contributed by atoms with van der Waals surface area (Å²) in [5.41, 5.74) is 9.95. The fourth-order valence-corrected chi connectivity index (χ4v) is 2.45. The summed E-state index contributed by atoms with van der Waals surface area (Å²) in [6.45, 7) is 5.08. The normalized spacial score (nSPS) is 10.7. The second-order valence-electron chi connectivity index (χ2n) is 5.30. The van der Waals surface area contributed by atoms with Gasteiger partial charge < -0.3 is 11.1 Å². The third-order valence-corrected chi connectivity index (χ3v) is 3.83. The molecule has 0 aliphatic heterocycles. The van der Waals surface area contributed by atoms with E-state index in [2.05, 4.69) is 43.4 Å². The zero-order valence-corrected chi connectivity index (χ0v) is 13.8. The van der Waals surface area contributed by atoms with Crippen LogP contribution in [0.3, 0.4) is 0 Å². The van der Waals surface area contributed by atoms with Crippen molar-refractivity contribution in [1.29, 1.82) is 0 Å². The van der Waals surface area contributed by atoms with E-state index in [0.29, 0.717) is 22.5 Å². The molecule has 0 saturated carbocycles. The van der Waals surface area contributed by atoms with E-state index in [1.165, 1.54) is 11.1 Å². The van der Waals surface area contributed by atoms with Crippen LogP contribution in [0.5, 0.6) is 0 Å². The third-order valence-electron chi connectivity index (χ3n) is 3.38. The Kier molecular flexibility index (Phi) is 5.21. The van der Waals surface area contributed by atoms with Crippen molar-refractivity contribution in [2.75, 3.05) is 5.32 Å². The van der Waals surface area contributed by atoms with Crippen LogP contribution < -0.4 is 11.1 Å². The fourth-order valence-electron chi connectivity index (χ4n) is 2.10. The molecule has 0 saturated heterocycles. The molecule has 2 aromatic carbocycles. The lowest BCUT2D eigenvalue weighted by Crippen LogP contribution is -2.13. The maximum Gasteiger partial charge on any atom is 0.106 e. The number of thiocarbonyl (C=S) groups is 1. The highest BCUT2D eigenvalue weighted by Gasteiger charge is 2.06. The van der Waals surface area contributed by atoms with Crippen molar-refractivity contribution in [1.82, 2.24) is 0 Å². The zero-order valence-electron chi connectivity index (χ0n) is 12.2. The number of hydrogen-bond donors (Lipinski definition) is 2. The molecule has 21 heavy (non-hydrogen) atoms. The van der Waals surface area contributed by atoms with Crippen molar-refractivity contribution < 1.29 is 0 Å². The van der Waals surface area contributed by atoms with Gasteiger partial charge in [-0.1, -0.05) is 61.9 Å². The molecule has 0 aromatic heterocycles. The number of nitrogens with two attached hydrogens (primary N) is 1. The van der Waals surface area contributed by atoms with Crippen LogP contribution in [-0.2, 0) is 6.54 Å². The van der Waals surface area contributed by atoms with E-state index < -0.39 is 0 Å². The summed E-state index contributed by atoms with van der Waals surface area (Å²) in [6, 6.07) is 14.1. The van der Waals surface area contributed by atoms with Gasteiger partial charge in [-0.05, 0) is 35.2 Å². The second kappa shape index (κ2) is 6.92. The Morgan fingerprint density at radius 1 is 1.19 bits per heavy atom. The highest BCUT2D eigenvalue weighted by molar-refractivity contribution is 7.80. The number of benzene rings is 2.